The minimum absolute atomic E-state index is 0.0742. The van der Waals surface area contributed by atoms with Crippen LogP contribution in [0.15, 0.2) is 48.5 Å². The zero-order valence-electron chi connectivity index (χ0n) is 15.3. The first-order valence-corrected chi connectivity index (χ1v) is 9.11. The van der Waals surface area contributed by atoms with Crippen LogP contribution < -0.4 is 10.1 Å². The second kappa shape index (κ2) is 8.66. The van der Waals surface area contributed by atoms with Crippen LogP contribution in [0.4, 0.5) is 4.39 Å². The van der Waals surface area contributed by atoms with Crippen molar-refractivity contribution in [2.75, 3.05) is 26.2 Å². The van der Waals surface area contributed by atoms with E-state index in [4.69, 9.17) is 4.74 Å². The van der Waals surface area contributed by atoms with Gasteiger partial charge in [0.2, 0.25) is 5.91 Å². The molecule has 142 valence electrons. The fourth-order valence-corrected chi connectivity index (χ4v) is 3.32. The van der Waals surface area contributed by atoms with Gasteiger partial charge in [0.1, 0.15) is 11.6 Å². The van der Waals surface area contributed by atoms with E-state index in [1.54, 1.807) is 35.2 Å². The summed E-state index contributed by atoms with van der Waals surface area (Å²) in [6, 6.07) is 13.4. The number of nitrogens with one attached hydrogen (secondary N) is 1. The van der Waals surface area contributed by atoms with Crippen molar-refractivity contribution in [3.05, 3.63) is 65.5 Å². The molecule has 0 radical (unpaired) electrons. The zero-order chi connectivity index (χ0) is 19.2. The number of amides is 2. The minimum Gasteiger partial charge on any atom is -0.493 e. The molecule has 5 nitrogen and oxygen atoms in total. The van der Waals surface area contributed by atoms with Gasteiger partial charge in [0, 0.05) is 19.0 Å². The van der Waals surface area contributed by atoms with Gasteiger partial charge in [-0.25, -0.2) is 4.39 Å². The lowest BCUT2D eigenvalue weighted by atomic mass is 9.98. The van der Waals surface area contributed by atoms with Crippen LogP contribution >= 0.6 is 0 Å². The highest BCUT2D eigenvalue weighted by atomic mass is 19.1. The number of para-hydroxylation sites is 1. The smallest absolute Gasteiger partial charge is 0.255 e. The molecule has 0 aromatic heterocycles. The molecule has 0 unspecified atom stereocenters. The molecule has 0 aliphatic carbocycles. The molecule has 27 heavy (non-hydrogen) atoms. The van der Waals surface area contributed by atoms with Crippen LogP contribution in [0.1, 0.15) is 35.2 Å². The van der Waals surface area contributed by atoms with E-state index in [2.05, 4.69) is 5.32 Å². The molecular formula is C21H23FN2O3. The maximum atomic E-state index is 13.4. The largest absolute Gasteiger partial charge is 0.493 e. The number of carbonyl (C=O) groups excluding carboxylic acids is 2. The Kier molecular flexibility index (Phi) is 6.06. The number of hydrogen-bond donors (Lipinski definition) is 1. The zero-order valence-corrected chi connectivity index (χ0v) is 15.3. The summed E-state index contributed by atoms with van der Waals surface area (Å²) in [5, 5.41) is 2.67. The van der Waals surface area contributed by atoms with E-state index in [-0.39, 0.29) is 30.1 Å². The Morgan fingerprint density at radius 3 is 2.81 bits per heavy atom. The lowest BCUT2D eigenvalue weighted by molar-refractivity contribution is -0.129. The van der Waals surface area contributed by atoms with Gasteiger partial charge in [0.25, 0.3) is 5.91 Å². The van der Waals surface area contributed by atoms with Crippen molar-refractivity contribution in [2.24, 2.45) is 0 Å². The van der Waals surface area contributed by atoms with Crippen molar-refractivity contribution in [3.63, 3.8) is 0 Å². The van der Waals surface area contributed by atoms with Crippen LogP contribution in [0.3, 0.4) is 0 Å². The van der Waals surface area contributed by atoms with Crippen LogP contribution in [0.25, 0.3) is 0 Å². The van der Waals surface area contributed by atoms with Crippen molar-refractivity contribution in [3.8, 4) is 5.75 Å². The van der Waals surface area contributed by atoms with E-state index in [1.807, 2.05) is 13.0 Å². The van der Waals surface area contributed by atoms with E-state index in [9.17, 15) is 14.0 Å². The minimum atomic E-state index is -0.340. The van der Waals surface area contributed by atoms with Crippen molar-refractivity contribution in [2.45, 2.75) is 19.3 Å². The molecule has 1 aliphatic rings. The van der Waals surface area contributed by atoms with E-state index >= 15 is 0 Å². The molecule has 0 bridgehead atoms. The van der Waals surface area contributed by atoms with Crippen LogP contribution in [0.2, 0.25) is 0 Å². The molecule has 3 rings (SSSR count). The summed E-state index contributed by atoms with van der Waals surface area (Å²) in [7, 11) is 0. The van der Waals surface area contributed by atoms with Gasteiger partial charge in [-0.3, -0.25) is 9.59 Å². The van der Waals surface area contributed by atoms with Gasteiger partial charge in [-0.15, -0.1) is 0 Å². The number of ether oxygens (including phenoxy) is 1. The molecule has 1 aliphatic heterocycles. The average molecular weight is 370 g/mol. The van der Waals surface area contributed by atoms with Crippen molar-refractivity contribution in [1.29, 1.82) is 0 Å². The molecular weight excluding hydrogens is 347 g/mol. The molecule has 1 N–H and O–H groups in total. The van der Waals surface area contributed by atoms with E-state index < -0.39 is 0 Å². The Bertz CT molecular complexity index is 825. The fraction of sp³-hybridized carbons (Fsp3) is 0.333. The number of rotatable bonds is 6. The van der Waals surface area contributed by atoms with Crippen LogP contribution in [-0.2, 0) is 4.79 Å². The first kappa shape index (κ1) is 18.9. The molecule has 6 heteroatoms. The van der Waals surface area contributed by atoms with Gasteiger partial charge in [-0.2, -0.15) is 0 Å². The molecule has 2 amide bonds. The Hall–Kier alpha value is -2.89. The van der Waals surface area contributed by atoms with Crippen LogP contribution in [0, 0.1) is 5.82 Å². The Labute approximate surface area is 158 Å². The van der Waals surface area contributed by atoms with Crippen LogP contribution in [0.5, 0.6) is 5.75 Å². The van der Waals surface area contributed by atoms with Crippen LogP contribution in [-0.4, -0.2) is 43.0 Å². The molecule has 1 atom stereocenters. The van der Waals surface area contributed by atoms with Gasteiger partial charge >= 0.3 is 0 Å². The summed E-state index contributed by atoms with van der Waals surface area (Å²) >= 11 is 0. The predicted octanol–water partition coefficient (Wildman–Crippen LogP) is 2.97. The average Bonchev–Trinajstić information content (AvgIpc) is 3.17. The highest BCUT2D eigenvalue weighted by Gasteiger charge is 2.27. The standard InChI is InChI=1S/C21H23FN2O3/c1-2-27-19-9-4-3-8-18(19)21(26)23-13-20(25)24-11-10-16(14-24)15-6-5-7-17(22)12-15/h3-9,12,16H,2,10-11,13-14H2,1H3,(H,23,26)/t16-/m1/s1. The van der Waals surface area contributed by atoms with Gasteiger partial charge in [0.15, 0.2) is 0 Å². The molecule has 2 aromatic carbocycles. The van der Waals surface area contributed by atoms with Crippen molar-refractivity contribution >= 4 is 11.8 Å². The highest BCUT2D eigenvalue weighted by molar-refractivity contribution is 5.98. The summed E-state index contributed by atoms with van der Waals surface area (Å²) in [6.45, 7) is 3.37. The maximum Gasteiger partial charge on any atom is 0.255 e. The fourth-order valence-electron chi connectivity index (χ4n) is 3.32. The number of benzene rings is 2. The topological polar surface area (TPSA) is 58.6 Å². The summed E-state index contributed by atoms with van der Waals surface area (Å²) in [5.41, 5.74) is 1.31. The van der Waals surface area contributed by atoms with Gasteiger partial charge in [0.05, 0.1) is 18.7 Å². The molecule has 1 saturated heterocycles. The van der Waals surface area contributed by atoms with Crippen molar-refractivity contribution in [1.82, 2.24) is 10.2 Å². The molecule has 1 fully saturated rings. The third kappa shape index (κ3) is 4.64. The molecule has 1 heterocycles. The van der Waals surface area contributed by atoms with Crippen molar-refractivity contribution < 1.29 is 18.7 Å². The quantitative estimate of drug-likeness (QED) is 0.851. The normalized spacial score (nSPS) is 16.2. The van der Waals surface area contributed by atoms with Gasteiger partial charge < -0.3 is 15.0 Å². The lowest BCUT2D eigenvalue weighted by Gasteiger charge is -2.17. The Balaban J connectivity index is 1.55. The summed E-state index contributed by atoms with van der Waals surface area (Å²) in [6.07, 6.45) is 0.788. The number of carbonyl (C=O) groups is 2. The number of hydrogen-bond acceptors (Lipinski definition) is 3. The van der Waals surface area contributed by atoms with E-state index in [0.717, 1.165) is 12.0 Å². The second-order valence-electron chi connectivity index (χ2n) is 6.49. The Morgan fingerprint density at radius 2 is 2.04 bits per heavy atom. The first-order chi connectivity index (χ1) is 13.1. The van der Waals surface area contributed by atoms with Gasteiger partial charge in [-0.05, 0) is 43.2 Å². The number of nitrogens with zero attached hydrogens (tertiary/aromatic N) is 1. The Morgan fingerprint density at radius 1 is 1.22 bits per heavy atom. The molecule has 0 spiro atoms. The maximum absolute atomic E-state index is 13.4. The second-order valence-corrected chi connectivity index (χ2v) is 6.49. The van der Waals surface area contributed by atoms with Gasteiger partial charge in [-0.1, -0.05) is 24.3 Å². The monoisotopic (exact) mass is 370 g/mol. The molecule has 2 aromatic rings. The number of halogens is 1. The highest BCUT2D eigenvalue weighted by Crippen LogP contribution is 2.27. The number of likely N-dealkylation sites (tertiary alicyclic amines) is 1. The van der Waals surface area contributed by atoms with E-state index in [1.165, 1.54) is 12.1 Å². The predicted molar refractivity (Wildman–Crippen MR) is 100 cm³/mol. The molecule has 0 saturated carbocycles. The third-order valence-corrected chi connectivity index (χ3v) is 4.69. The lowest BCUT2D eigenvalue weighted by Crippen LogP contribution is -2.39. The SMILES string of the molecule is CCOc1ccccc1C(=O)NCC(=O)N1CC[C@@H](c2cccc(F)c2)C1. The summed E-state index contributed by atoms with van der Waals surface area (Å²) < 4.78 is 18.8. The first-order valence-electron chi connectivity index (χ1n) is 9.11. The van der Waals surface area contributed by atoms with E-state index in [0.29, 0.717) is 31.0 Å². The third-order valence-electron chi connectivity index (χ3n) is 4.69. The summed E-state index contributed by atoms with van der Waals surface area (Å²) in [4.78, 5) is 26.5. The summed E-state index contributed by atoms with van der Waals surface area (Å²) in [5.74, 6) is -0.127.